The molecule has 2 aliphatic heterocycles. The molecule has 1 spiro atoms. The number of benzene rings is 2. The maximum atomic E-state index is 16.0. The number of carbonyl (C=O) groups excluding carboxylic acids is 3. The van der Waals surface area contributed by atoms with E-state index in [9.17, 15) is 14.4 Å². The summed E-state index contributed by atoms with van der Waals surface area (Å²) in [5, 5.41) is 10.1. The van der Waals surface area contributed by atoms with E-state index >= 15 is 4.39 Å². The Labute approximate surface area is 287 Å². The molecule has 11 heteroatoms. The van der Waals surface area contributed by atoms with Gasteiger partial charge in [0.1, 0.15) is 23.4 Å². The van der Waals surface area contributed by atoms with Crippen LogP contribution in [0.3, 0.4) is 0 Å². The highest BCUT2D eigenvalue weighted by Crippen LogP contribution is 2.57. The minimum Gasteiger partial charge on any atom is -0.461 e. The first-order valence-corrected chi connectivity index (χ1v) is 17.4. The van der Waals surface area contributed by atoms with E-state index in [1.165, 1.54) is 6.07 Å². The number of hydrogen-bond donors (Lipinski definition) is 4. The summed E-state index contributed by atoms with van der Waals surface area (Å²) in [7, 11) is 0. The molecule has 0 bridgehead atoms. The fraction of sp³-hybridized carbons (Fsp3) is 0.583. The molecule has 6 atom stereocenters. The molecule has 1 saturated heterocycles. The molecule has 2 aromatic carbocycles. The van der Waals surface area contributed by atoms with E-state index in [1.807, 2.05) is 20.8 Å². The number of amides is 2. The van der Waals surface area contributed by atoms with Gasteiger partial charge in [0, 0.05) is 28.7 Å². The van der Waals surface area contributed by atoms with Crippen molar-refractivity contribution in [3.8, 4) is 0 Å². The van der Waals surface area contributed by atoms with Crippen LogP contribution in [0.25, 0.3) is 0 Å². The van der Waals surface area contributed by atoms with Gasteiger partial charge in [-0.25, -0.2) is 4.39 Å². The number of rotatable bonds is 8. The second-order valence-corrected chi connectivity index (χ2v) is 16.0. The van der Waals surface area contributed by atoms with Gasteiger partial charge in [0.05, 0.1) is 11.1 Å². The van der Waals surface area contributed by atoms with Crippen LogP contribution in [-0.4, -0.2) is 48.1 Å². The van der Waals surface area contributed by atoms with Gasteiger partial charge in [0.25, 0.3) is 0 Å². The highest BCUT2D eigenvalue weighted by Gasteiger charge is 2.66. The van der Waals surface area contributed by atoms with Crippen molar-refractivity contribution in [3.63, 3.8) is 0 Å². The summed E-state index contributed by atoms with van der Waals surface area (Å²) in [6.45, 7) is 12.2. The predicted molar refractivity (Wildman–Crippen MR) is 183 cm³/mol. The van der Waals surface area contributed by atoms with E-state index in [1.54, 1.807) is 30.3 Å². The Hall–Kier alpha value is -2.72. The molecule has 2 fully saturated rings. The van der Waals surface area contributed by atoms with Crippen LogP contribution in [0.15, 0.2) is 36.4 Å². The molecule has 8 nitrogen and oxygen atoms in total. The van der Waals surface area contributed by atoms with Crippen LogP contribution in [0, 0.1) is 23.1 Å². The van der Waals surface area contributed by atoms with Gasteiger partial charge in [0.15, 0.2) is 0 Å². The number of esters is 1. The number of carbonyl (C=O) groups is 3. The number of nitrogens with one attached hydrogen (secondary N) is 3. The van der Waals surface area contributed by atoms with Gasteiger partial charge in [-0.1, -0.05) is 82.9 Å². The molecule has 0 radical (unpaired) electrons. The largest absolute Gasteiger partial charge is 0.461 e. The monoisotopic (exact) mass is 688 g/mol. The van der Waals surface area contributed by atoms with E-state index in [2.05, 4.69) is 36.7 Å². The first kappa shape index (κ1) is 35.6. The van der Waals surface area contributed by atoms with Gasteiger partial charge in [0.2, 0.25) is 11.8 Å². The van der Waals surface area contributed by atoms with E-state index in [-0.39, 0.29) is 51.8 Å². The van der Waals surface area contributed by atoms with E-state index < -0.39 is 41.2 Å². The Morgan fingerprint density at radius 1 is 1.11 bits per heavy atom. The average molecular weight is 690 g/mol. The van der Waals surface area contributed by atoms with Crippen molar-refractivity contribution < 1.29 is 23.5 Å². The highest BCUT2D eigenvalue weighted by atomic mass is 35.5. The average Bonchev–Trinajstić information content (AvgIpc) is 3.47. The summed E-state index contributed by atoms with van der Waals surface area (Å²) >= 11 is 12.6. The third kappa shape index (κ3) is 6.91. The zero-order valence-corrected chi connectivity index (χ0v) is 29.5. The zero-order chi connectivity index (χ0) is 34.4. The molecule has 0 unspecified atom stereocenters. The van der Waals surface area contributed by atoms with Gasteiger partial charge in [-0.3, -0.25) is 14.4 Å². The summed E-state index contributed by atoms with van der Waals surface area (Å²) in [6.07, 6.45) is 2.61. The molecule has 0 aromatic heterocycles. The van der Waals surface area contributed by atoms with Crippen LogP contribution in [-0.2, 0) is 24.5 Å². The number of anilines is 1. The van der Waals surface area contributed by atoms with Crippen molar-refractivity contribution >= 4 is 46.7 Å². The number of ether oxygens (including phenoxy) is 1. The molecule has 3 aliphatic rings. The smallest absolute Gasteiger partial charge is 0.323 e. The molecule has 2 aromatic rings. The maximum Gasteiger partial charge on any atom is 0.323 e. The lowest BCUT2D eigenvalue weighted by molar-refractivity contribution is -0.154. The predicted octanol–water partition coefficient (Wildman–Crippen LogP) is 6.47. The molecule has 2 heterocycles. The lowest BCUT2D eigenvalue weighted by Crippen LogP contribution is -2.50. The lowest BCUT2D eigenvalue weighted by Gasteiger charge is -2.38. The van der Waals surface area contributed by atoms with Crippen LogP contribution in [0.5, 0.6) is 0 Å². The van der Waals surface area contributed by atoms with Gasteiger partial charge >= 0.3 is 5.97 Å². The number of hydrogen-bond acceptors (Lipinski definition) is 6. The minimum atomic E-state index is -1.32. The van der Waals surface area contributed by atoms with Crippen LogP contribution in [0.2, 0.25) is 10.0 Å². The molecular weight excluding hydrogens is 642 g/mol. The summed E-state index contributed by atoms with van der Waals surface area (Å²) in [5.74, 6) is -2.37. The lowest BCUT2D eigenvalue weighted by atomic mass is 9.62. The molecule has 256 valence electrons. The summed E-state index contributed by atoms with van der Waals surface area (Å²) in [6, 6.07) is 7.59. The van der Waals surface area contributed by atoms with Crippen molar-refractivity contribution in [2.75, 3.05) is 5.32 Å². The Morgan fingerprint density at radius 3 is 2.43 bits per heavy atom. The molecule has 1 aliphatic carbocycles. The molecule has 2 amide bonds. The van der Waals surface area contributed by atoms with Crippen molar-refractivity contribution in [1.82, 2.24) is 10.6 Å². The molecule has 5 N–H and O–H groups in total. The second-order valence-electron chi connectivity index (χ2n) is 15.1. The van der Waals surface area contributed by atoms with Crippen LogP contribution in [0.4, 0.5) is 10.1 Å². The third-order valence-electron chi connectivity index (χ3n) is 10.4. The van der Waals surface area contributed by atoms with E-state index in [4.69, 9.17) is 33.7 Å². The van der Waals surface area contributed by atoms with Gasteiger partial charge < -0.3 is 26.4 Å². The van der Waals surface area contributed by atoms with Crippen LogP contribution < -0.4 is 21.7 Å². The Bertz CT molecular complexity index is 1520. The Balaban J connectivity index is 1.43. The Morgan fingerprint density at radius 2 is 1.79 bits per heavy atom. The number of halogens is 3. The molecule has 5 rings (SSSR count). The first-order valence-electron chi connectivity index (χ1n) is 16.6. The van der Waals surface area contributed by atoms with Crippen molar-refractivity contribution in [1.29, 1.82) is 0 Å². The number of nitrogens with two attached hydrogens (primary N) is 1. The van der Waals surface area contributed by atoms with Crippen molar-refractivity contribution in [3.05, 3.63) is 63.4 Å². The summed E-state index contributed by atoms with van der Waals surface area (Å²) < 4.78 is 21.8. The molecule has 1 saturated carbocycles. The van der Waals surface area contributed by atoms with Gasteiger partial charge in [-0.05, 0) is 78.7 Å². The first-order chi connectivity index (χ1) is 22.0. The maximum absolute atomic E-state index is 16.0. The van der Waals surface area contributed by atoms with E-state index in [0.717, 1.165) is 0 Å². The second kappa shape index (κ2) is 13.7. The third-order valence-corrected chi connectivity index (χ3v) is 10.9. The highest BCUT2D eigenvalue weighted by molar-refractivity contribution is 6.31. The quantitative estimate of drug-likeness (QED) is 0.236. The van der Waals surface area contributed by atoms with Crippen molar-refractivity contribution in [2.24, 2.45) is 23.0 Å². The summed E-state index contributed by atoms with van der Waals surface area (Å²) in [4.78, 5) is 41.3. The fourth-order valence-electron chi connectivity index (χ4n) is 7.64. The minimum absolute atomic E-state index is 0.00868. The molecular formula is C36H47Cl2FN4O4. The van der Waals surface area contributed by atoms with Crippen LogP contribution in [0.1, 0.15) is 90.7 Å². The number of fused-ring (bicyclic) bond motifs is 2. The van der Waals surface area contributed by atoms with Gasteiger partial charge in [-0.2, -0.15) is 0 Å². The SMILES string of the molecule is CC(C)[C@H](C)[C@H](N)C(=O)OC1CCC(NC(=O)[C@@H]2N[C@H](CC(C)(C)C)[C@]3(C(=O)Nc4cc(Cl)ccc43)[C@H]2c2cccc(Cl)c2F)CC1. The summed E-state index contributed by atoms with van der Waals surface area (Å²) in [5.41, 5.74) is 6.01. The normalized spacial score (nSPS) is 28.6. The fourth-order valence-corrected chi connectivity index (χ4v) is 7.99. The zero-order valence-electron chi connectivity index (χ0n) is 28.0. The topological polar surface area (TPSA) is 123 Å². The van der Waals surface area contributed by atoms with E-state index in [0.29, 0.717) is 48.4 Å². The standard InChI is InChI=1S/C36H47Cl2FN4O4/c1-18(2)19(3)30(40)33(45)47-22-13-11-21(12-14-22)41-32(44)31-28(23-8-7-9-25(38)29(23)39)36(27(43-31)17-35(4,5)6)24-15-10-20(37)16-26(24)42-34(36)46/h7-10,15-16,18-19,21-22,27-28,30-31,43H,11-14,17,40H2,1-6H3,(H,41,44)(H,42,46)/t19-,21?,22?,27+,28-,30-,31+,36-/m0/s1. The van der Waals surface area contributed by atoms with Gasteiger partial charge in [-0.15, -0.1) is 0 Å². The Kier molecular flexibility index (Phi) is 10.3. The van der Waals surface area contributed by atoms with Crippen molar-refractivity contribution in [2.45, 2.75) is 115 Å². The van der Waals surface area contributed by atoms with Crippen LogP contribution >= 0.6 is 23.2 Å². The molecule has 47 heavy (non-hydrogen) atoms.